The van der Waals surface area contributed by atoms with E-state index >= 15 is 0 Å². The summed E-state index contributed by atoms with van der Waals surface area (Å²) < 4.78 is 10.8. The number of benzene rings is 1. The lowest BCUT2D eigenvalue weighted by atomic mass is 10.2. The monoisotopic (exact) mass is 403 g/mol. The normalized spacial score (nSPS) is 10.9. The Morgan fingerprint density at radius 2 is 2.04 bits per heavy atom. The number of nitrogens with one attached hydrogen (secondary N) is 1. The third-order valence-electron chi connectivity index (χ3n) is 3.97. The zero-order chi connectivity index (χ0) is 20.0. The minimum absolute atomic E-state index is 0.171. The summed E-state index contributed by atoms with van der Waals surface area (Å²) in [4.78, 5) is 15.8. The number of ether oxygens (including phenoxy) is 2. The first-order chi connectivity index (χ1) is 13.7. The second-order valence-corrected chi connectivity index (χ2v) is 7.15. The summed E-state index contributed by atoms with van der Waals surface area (Å²) in [5.74, 6) is 0.550. The molecule has 28 heavy (non-hydrogen) atoms. The number of hydrogen-bond acceptors (Lipinski definition) is 7. The number of para-hydroxylation sites is 1. The van der Waals surface area contributed by atoms with Gasteiger partial charge in [-0.25, -0.2) is 4.98 Å². The molecule has 1 aromatic heterocycles. The zero-order valence-corrected chi connectivity index (χ0v) is 17.5. The van der Waals surface area contributed by atoms with Crippen molar-refractivity contribution in [2.24, 2.45) is 5.10 Å². The summed E-state index contributed by atoms with van der Waals surface area (Å²) in [6, 6.07) is 7.83. The maximum absolute atomic E-state index is 11.5. The summed E-state index contributed by atoms with van der Waals surface area (Å²) in [6.45, 7) is 5.09. The fourth-order valence-corrected chi connectivity index (χ4v) is 3.22. The molecule has 0 amide bonds. The fraction of sp³-hybridized carbons (Fsp3) is 0.476. The van der Waals surface area contributed by atoms with Gasteiger partial charge in [-0.05, 0) is 25.5 Å². The van der Waals surface area contributed by atoms with E-state index in [0.29, 0.717) is 24.0 Å². The number of rotatable bonds is 13. The van der Waals surface area contributed by atoms with Crippen LogP contribution in [0.1, 0.15) is 57.2 Å². The minimum atomic E-state index is -0.274. The van der Waals surface area contributed by atoms with E-state index in [9.17, 15) is 4.79 Å². The number of aromatic nitrogens is 1. The molecule has 0 unspecified atom stereocenters. The van der Waals surface area contributed by atoms with Crippen molar-refractivity contribution in [1.29, 1.82) is 0 Å². The summed E-state index contributed by atoms with van der Waals surface area (Å²) in [6.07, 6.45) is 7.95. The van der Waals surface area contributed by atoms with Crippen LogP contribution in [0.2, 0.25) is 0 Å². The molecule has 0 aliphatic rings. The van der Waals surface area contributed by atoms with Crippen LogP contribution in [-0.2, 0) is 16.0 Å². The summed E-state index contributed by atoms with van der Waals surface area (Å²) in [5.41, 5.74) is 4.49. The summed E-state index contributed by atoms with van der Waals surface area (Å²) in [5, 5.41) is 6.70. The van der Waals surface area contributed by atoms with Crippen LogP contribution < -0.4 is 10.2 Å². The molecule has 0 saturated carbocycles. The highest BCUT2D eigenvalue weighted by atomic mass is 32.1. The maximum atomic E-state index is 11.5. The Balaban J connectivity index is 1.82. The van der Waals surface area contributed by atoms with E-state index in [-0.39, 0.29) is 12.4 Å². The molecule has 1 aromatic carbocycles. The van der Waals surface area contributed by atoms with Crippen LogP contribution in [0.15, 0.2) is 34.7 Å². The predicted molar refractivity (Wildman–Crippen MR) is 114 cm³/mol. The summed E-state index contributed by atoms with van der Waals surface area (Å²) >= 11 is 1.40. The maximum Gasteiger partial charge on any atom is 0.311 e. The van der Waals surface area contributed by atoms with E-state index in [4.69, 9.17) is 9.47 Å². The van der Waals surface area contributed by atoms with Crippen molar-refractivity contribution in [2.75, 3.05) is 18.6 Å². The SMILES string of the molecule is CCCCCCCOc1ccccc1/C=N\Nc1nc(CC(=O)OCC)cs1. The molecule has 0 atom stereocenters. The van der Waals surface area contributed by atoms with E-state index in [1.807, 2.05) is 29.6 Å². The first-order valence-electron chi connectivity index (χ1n) is 9.83. The Kier molecular flexibility index (Phi) is 10.1. The van der Waals surface area contributed by atoms with Gasteiger partial charge in [0.1, 0.15) is 5.75 Å². The van der Waals surface area contributed by atoms with Crippen LogP contribution in [0.3, 0.4) is 0 Å². The molecule has 0 aliphatic carbocycles. The largest absolute Gasteiger partial charge is 0.493 e. The smallest absolute Gasteiger partial charge is 0.311 e. The van der Waals surface area contributed by atoms with Crippen molar-refractivity contribution in [3.63, 3.8) is 0 Å². The van der Waals surface area contributed by atoms with Crippen molar-refractivity contribution in [3.8, 4) is 5.75 Å². The molecule has 2 rings (SSSR count). The molecule has 1 heterocycles. The number of carbonyl (C=O) groups is 1. The van der Waals surface area contributed by atoms with Crippen LogP contribution in [0, 0.1) is 0 Å². The average Bonchev–Trinajstić information content (AvgIpc) is 3.13. The number of thiazole rings is 1. The molecule has 0 radical (unpaired) electrons. The number of nitrogens with zero attached hydrogens (tertiary/aromatic N) is 2. The van der Waals surface area contributed by atoms with E-state index < -0.39 is 0 Å². The standard InChI is InChI=1S/C21H29N3O3S/c1-3-5-6-7-10-13-27-19-12-9-8-11-17(19)15-22-24-21-23-18(16-28-21)14-20(25)26-4-2/h8-9,11-12,15-16H,3-7,10,13-14H2,1-2H3,(H,23,24)/b22-15-. The third kappa shape index (κ3) is 8.08. The lowest BCUT2D eigenvalue weighted by Crippen LogP contribution is -2.07. The van der Waals surface area contributed by atoms with Crippen molar-refractivity contribution in [3.05, 3.63) is 40.9 Å². The molecular formula is C21H29N3O3S. The quantitative estimate of drug-likeness (QED) is 0.219. The van der Waals surface area contributed by atoms with Crippen molar-refractivity contribution >= 4 is 28.7 Å². The van der Waals surface area contributed by atoms with E-state index in [1.54, 1.807) is 13.1 Å². The van der Waals surface area contributed by atoms with Gasteiger partial charge in [0.25, 0.3) is 0 Å². The minimum Gasteiger partial charge on any atom is -0.493 e. The van der Waals surface area contributed by atoms with Crippen LogP contribution >= 0.6 is 11.3 Å². The Bertz CT molecular complexity index is 746. The molecule has 1 N–H and O–H groups in total. The first kappa shape index (κ1) is 21.9. The molecule has 6 nitrogen and oxygen atoms in total. The molecule has 0 fully saturated rings. The van der Waals surface area contributed by atoms with Gasteiger partial charge in [0.2, 0.25) is 5.13 Å². The third-order valence-corrected chi connectivity index (χ3v) is 4.77. The Labute approximate surface area is 171 Å². The molecule has 152 valence electrons. The highest BCUT2D eigenvalue weighted by molar-refractivity contribution is 7.13. The van der Waals surface area contributed by atoms with Gasteiger partial charge < -0.3 is 9.47 Å². The highest BCUT2D eigenvalue weighted by Crippen LogP contribution is 2.18. The molecule has 0 aliphatic heterocycles. The van der Waals surface area contributed by atoms with Crippen molar-refractivity contribution < 1.29 is 14.3 Å². The predicted octanol–water partition coefficient (Wildman–Crippen LogP) is 5.04. The van der Waals surface area contributed by atoms with Crippen molar-refractivity contribution in [2.45, 2.75) is 52.4 Å². The van der Waals surface area contributed by atoms with Gasteiger partial charge in [0, 0.05) is 10.9 Å². The first-order valence-corrected chi connectivity index (χ1v) is 10.7. The number of hydrazone groups is 1. The second-order valence-electron chi connectivity index (χ2n) is 6.30. The van der Waals surface area contributed by atoms with Crippen LogP contribution in [0.5, 0.6) is 5.75 Å². The van der Waals surface area contributed by atoms with E-state index in [1.165, 1.54) is 37.0 Å². The number of unbranched alkanes of at least 4 members (excludes halogenated alkanes) is 4. The highest BCUT2D eigenvalue weighted by Gasteiger charge is 2.08. The number of carbonyl (C=O) groups excluding carboxylic acids is 1. The lowest BCUT2D eigenvalue weighted by molar-refractivity contribution is -0.142. The van der Waals surface area contributed by atoms with Gasteiger partial charge in [-0.1, -0.05) is 44.7 Å². The lowest BCUT2D eigenvalue weighted by Gasteiger charge is -2.08. The Hall–Kier alpha value is -2.41. The fourth-order valence-electron chi connectivity index (χ4n) is 2.56. The van der Waals surface area contributed by atoms with Gasteiger partial charge in [-0.3, -0.25) is 10.2 Å². The molecule has 7 heteroatoms. The van der Waals surface area contributed by atoms with Gasteiger partial charge >= 0.3 is 5.97 Å². The van der Waals surface area contributed by atoms with Gasteiger partial charge in [-0.2, -0.15) is 5.10 Å². The zero-order valence-electron chi connectivity index (χ0n) is 16.6. The molecule has 2 aromatic rings. The van der Waals surface area contributed by atoms with Crippen LogP contribution in [-0.4, -0.2) is 30.4 Å². The van der Waals surface area contributed by atoms with Gasteiger partial charge in [0.15, 0.2) is 0 Å². The van der Waals surface area contributed by atoms with Crippen LogP contribution in [0.25, 0.3) is 0 Å². The topological polar surface area (TPSA) is 72.8 Å². The van der Waals surface area contributed by atoms with Crippen LogP contribution in [0.4, 0.5) is 5.13 Å². The average molecular weight is 404 g/mol. The van der Waals surface area contributed by atoms with Gasteiger partial charge in [-0.15, -0.1) is 11.3 Å². The van der Waals surface area contributed by atoms with Gasteiger partial charge in [0.05, 0.1) is 31.5 Å². The van der Waals surface area contributed by atoms with E-state index in [0.717, 1.165) is 17.7 Å². The van der Waals surface area contributed by atoms with Crippen molar-refractivity contribution in [1.82, 2.24) is 4.98 Å². The number of esters is 1. The molecular weight excluding hydrogens is 374 g/mol. The number of hydrogen-bond donors (Lipinski definition) is 1. The summed E-state index contributed by atoms with van der Waals surface area (Å²) in [7, 11) is 0. The second kappa shape index (κ2) is 12.9. The number of anilines is 1. The molecule has 0 bridgehead atoms. The van der Waals surface area contributed by atoms with E-state index in [2.05, 4.69) is 22.4 Å². The Morgan fingerprint density at radius 3 is 2.86 bits per heavy atom. The molecule has 0 saturated heterocycles. The Morgan fingerprint density at radius 1 is 1.21 bits per heavy atom. The molecule has 0 spiro atoms.